The summed E-state index contributed by atoms with van der Waals surface area (Å²) in [5.74, 6) is 0.622. The van der Waals surface area contributed by atoms with E-state index in [1.54, 1.807) is 0 Å². The molecule has 0 aliphatic rings. The minimum absolute atomic E-state index is 0.601. The average molecular weight is 189 g/mol. The summed E-state index contributed by atoms with van der Waals surface area (Å²) in [6.07, 6.45) is 0.873. The molecule has 0 aliphatic carbocycles. The summed E-state index contributed by atoms with van der Waals surface area (Å²) < 4.78 is 0. The maximum Gasteiger partial charge on any atom is 0.148 e. The molecule has 1 aromatic rings. The predicted molar refractivity (Wildman–Crippen MR) is 54.8 cm³/mol. The highest BCUT2D eigenvalue weighted by Crippen LogP contribution is 2.18. The fraction of sp³-hybridized carbons (Fsp3) is 0.545. The summed E-state index contributed by atoms with van der Waals surface area (Å²) in [5.41, 5.74) is 1.32. The van der Waals surface area contributed by atoms with Gasteiger partial charge in [0.2, 0.25) is 0 Å². The van der Waals surface area contributed by atoms with E-state index in [2.05, 4.69) is 16.0 Å². The summed E-state index contributed by atoms with van der Waals surface area (Å²) in [5, 5.41) is 8.97. The maximum absolute atomic E-state index is 8.97. The third-order valence-corrected chi connectivity index (χ3v) is 2.11. The second kappa shape index (κ2) is 3.75. The molecule has 0 amide bonds. The van der Waals surface area contributed by atoms with Crippen LogP contribution in [0.4, 0.5) is 0 Å². The minimum atomic E-state index is -0.601. The quantitative estimate of drug-likeness (QED) is 0.716. The van der Waals surface area contributed by atoms with Crippen molar-refractivity contribution in [3.05, 3.63) is 23.3 Å². The van der Waals surface area contributed by atoms with Crippen molar-refractivity contribution in [1.29, 1.82) is 5.26 Å². The van der Waals surface area contributed by atoms with E-state index in [-0.39, 0.29) is 0 Å². The van der Waals surface area contributed by atoms with Gasteiger partial charge in [0.1, 0.15) is 11.2 Å². The Kier molecular flexibility index (Phi) is 2.85. The van der Waals surface area contributed by atoms with Crippen molar-refractivity contribution < 1.29 is 0 Å². The van der Waals surface area contributed by atoms with E-state index >= 15 is 0 Å². The number of nitriles is 1. The molecule has 14 heavy (non-hydrogen) atoms. The zero-order valence-electron chi connectivity index (χ0n) is 9.13. The normalized spacial score (nSPS) is 11.1. The molecule has 0 saturated carbocycles. The zero-order chi connectivity index (χ0) is 10.8. The van der Waals surface area contributed by atoms with Crippen LogP contribution < -0.4 is 0 Å². The van der Waals surface area contributed by atoms with Crippen molar-refractivity contribution in [2.45, 2.75) is 39.5 Å². The van der Waals surface area contributed by atoms with Gasteiger partial charge in [-0.2, -0.15) is 5.26 Å². The van der Waals surface area contributed by atoms with Gasteiger partial charge in [-0.25, -0.2) is 9.97 Å². The Hall–Kier alpha value is -1.43. The second-order valence-electron chi connectivity index (χ2n) is 3.91. The Morgan fingerprint density at radius 1 is 1.43 bits per heavy atom. The summed E-state index contributed by atoms with van der Waals surface area (Å²) in [6.45, 7) is 7.64. The van der Waals surface area contributed by atoms with E-state index in [0.29, 0.717) is 5.82 Å². The van der Waals surface area contributed by atoms with E-state index < -0.39 is 5.41 Å². The molecule has 0 radical (unpaired) electrons. The highest BCUT2D eigenvalue weighted by atomic mass is 14.9. The number of hydrogen-bond donors (Lipinski definition) is 0. The third kappa shape index (κ3) is 2.08. The lowest BCUT2D eigenvalue weighted by Gasteiger charge is -2.14. The lowest BCUT2D eigenvalue weighted by atomic mass is 9.94. The van der Waals surface area contributed by atoms with Crippen LogP contribution in [-0.2, 0) is 11.8 Å². The first-order valence-electron chi connectivity index (χ1n) is 4.76. The smallest absolute Gasteiger partial charge is 0.148 e. The van der Waals surface area contributed by atoms with Crippen molar-refractivity contribution in [3.8, 4) is 6.07 Å². The van der Waals surface area contributed by atoms with Crippen LogP contribution in [0.1, 0.15) is 38.0 Å². The average Bonchev–Trinajstić information content (AvgIpc) is 2.16. The molecule has 0 unspecified atom stereocenters. The Labute approximate surface area is 84.8 Å². The van der Waals surface area contributed by atoms with Gasteiger partial charge in [-0.3, -0.25) is 0 Å². The Bertz CT molecular complexity index is 375. The van der Waals surface area contributed by atoms with Gasteiger partial charge in [0, 0.05) is 11.4 Å². The van der Waals surface area contributed by atoms with E-state index in [9.17, 15) is 0 Å². The fourth-order valence-corrected chi connectivity index (χ4v) is 1.14. The van der Waals surface area contributed by atoms with Gasteiger partial charge < -0.3 is 0 Å². The van der Waals surface area contributed by atoms with Crippen LogP contribution in [0.25, 0.3) is 0 Å². The zero-order valence-corrected chi connectivity index (χ0v) is 9.13. The van der Waals surface area contributed by atoms with Crippen LogP contribution in [0.2, 0.25) is 0 Å². The molecule has 0 N–H and O–H groups in total. The molecule has 0 aliphatic heterocycles. The molecule has 0 bridgehead atoms. The second-order valence-corrected chi connectivity index (χ2v) is 3.91. The topological polar surface area (TPSA) is 49.6 Å². The largest absolute Gasteiger partial charge is 0.237 e. The third-order valence-electron chi connectivity index (χ3n) is 2.11. The first kappa shape index (κ1) is 10.6. The molecule has 0 saturated heterocycles. The molecule has 3 heteroatoms. The molecule has 0 fully saturated rings. The SMILES string of the molecule is CCc1cc(C)nc(C(C)(C)C#N)n1. The highest BCUT2D eigenvalue weighted by molar-refractivity contribution is 5.20. The van der Waals surface area contributed by atoms with Gasteiger partial charge in [0.25, 0.3) is 0 Å². The monoisotopic (exact) mass is 189 g/mol. The molecule has 1 heterocycles. The number of rotatable bonds is 2. The summed E-state index contributed by atoms with van der Waals surface area (Å²) >= 11 is 0. The first-order valence-corrected chi connectivity index (χ1v) is 4.76. The van der Waals surface area contributed by atoms with Crippen LogP contribution in [0.15, 0.2) is 6.07 Å². The molecule has 1 rings (SSSR count). The van der Waals surface area contributed by atoms with Crippen molar-refractivity contribution in [2.75, 3.05) is 0 Å². The van der Waals surface area contributed by atoms with E-state index in [0.717, 1.165) is 17.8 Å². The molecular formula is C11H15N3. The van der Waals surface area contributed by atoms with Crippen LogP contribution >= 0.6 is 0 Å². The van der Waals surface area contributed by atoms with Gasteiger partial charge >= 0.3 is 0 Å². The number of aryl methyl sites for hydroxylation is 2. The Morgan fingerprint density at radius 2 is 2.07 bits per heavy atom. The predicted octanol–water partition coefficient (Wildman–Crippen LogP) is 2.15. The van der Waals surface area contributed by atoms with Crippen molar-refractivity contribution in [3.63, 3.8) is 0 Å². The molecule has 74 valence electrons. The fourth-order valence-electron chi connectivity index (χ4n) is 1.14. The highest BCUT2D eigenvalue weighted by Gasteiger charge is 2.23. The van der Waals surface area contributed by atoms with E-state index in [4.69, 9.17) is 5.26 Å². The van der Waals surface area contributed by atoms with Crippen molar-refractivity contribution >= 4 is 0 Å². The summed E-state index contributed by atoms with van der Waals surface area (Å²) in [6, 6.07) is 4.17. The number of aromatic nitrogens is 2. The molecular weight excluding hydrogens is 174 g/mol. The van der Waals surface area contributed by atoms with Crippen LogP contribution in [0.5, 0.6) is 0 Å². The van der Waals surface area contributed by atoms with E-state index in [1.807, 2.05) is 33.8 Å². The molecule has 0 atom stereocenters. The molecule has 0 aromatic carbocycles. The first-order chi connectivity index (χ1) is 6.49. The molecule has 1 aromatic heterocycles. The van der Waals surface area contributed by atoms with Gasteiger partial charge in [0.15, 0.2) is 0 Å². The lowest BCUT2D eigenvalue weighted by Crippen LogP contribution is -2.19. The van der Waals surface area contributed by atoms with Crippen molar-refractivity contribution in [2.24, 2.45) is 0 Å². The summed E-state index contributed by atoms with van der Waals surface area (Å²) in [7, 11) is 0. The van der Waals surface area contributed by atoms with Crippen LogP contribution in [0.3, 0.4) is 0 Å². The minimum Gasteiger partial charge on any atom is -0.237 e. The number of hydrogen-bond acceptors (Lipinski definition) is 3. The lowest BCUT2D eigenvalue weighted by molar-refractivity contribution is 0.619. The molecule has 3 nitrogen and oxygen atoms in total. The standard InChI is InChI=1S/C11H15N3/c1-5-9-6-8(2)13-10(14-9)11(3,4)7-12/h6H,5H2,1-4H3. The number of nitrogens with zero attached hydrogens (tertiary/aromatic N) is 3. The van der Waals surface area contributed by atoms with Gasteiger partial charge in [-0.15, -0.1) is 0 Å². The Morgan fingerprint density at radius 3 is 2.57 bits per heavy atom. The van der Waals surface area contributed by atoms with Gasteiger partial charge in [-0.05, 0) is 33.3 Å². The Balaban J connectivity index is 3.24. The van der Waals surface area contributed by atoms with Crippen LogP contribution in [-0.4, -0.2) is 9.97 Å². The van der Waals surface area contributed by atoms with Gasteiger partial charge in [-0.1, -0.05) is 6.92 Å². The maximum atomic E-state index is 8.97. The molecule has 0 spiro atoms. The van der Waals surface area contributed by atoms with Gasteiger partial charge in [0.05, 0.1) is 6.07 Å². The van der Waals surface area contributed by atoms with E-state index in [1.165, 1.54) is 0 Å². The summed E-state index contributed by atoms with van der Waals surface area (Å²) in [4.78, 5) is 8.65. The van der Waals surface area contributed by atoms with Crippen LogP contribution in [0, 0.1) is 18.3 Å². The van der Waals surface area contributed by atoms with Crippen molar-refractivity contribution in [1.82, 2.24) is 9.97 Å².